The van der Waals surface area contributed by atoms with E-state index in [4.69, 9.17) is 28.6 Å². The molecule has 2 rings (SSSR count). The van der Waals surface area contributed by atoms with Crippen molar-refractivity contribution in [3.05, 3.63) is 45.3 Å². The fourth-order valence-corrected chi connectivity index (χ4v) is 3.42. The highest BCUT2D eigenvalue weighted by Crippen LogP contribution is 2.33. The Bertz CT molecular complexity index is 728. The Kier molecular flexibility index (Phi) is 5.39. The number of carbonyl (C=O) groups excluding carboxylic acids is 1. The quantitative estimate of drug-likeness (QED) is 0.622. The third-order valence-electron chi connectivity index (χ3n) is 3.08. The highest BCUT2D eigenvalue weighted by molar-refractivity contribution is 7.80. The molecule has 7 heteroatoms. The summed E-state index contributed by atoms with van der Waals surface area (Å²) >= 11 is 12.7. The molecule has 0 bridgehead atoms. The number of ether oxygens (including phenoxy) is 1. The summed E-state index contributed by atoms with van der Waals surface area (Å²) in [4.78, 5) is 13.0. The Labute approximate surface area is 143 Å². The molecule has 0 spiro atoms. The van der Waals surface area contributed by atoms with Crippen LogP contribution in [0.4, 0.5) is 10.7 Å². The van der Waals surface area contributed by atoms with Gasteiger partial charge in [0.1, 0.15) is 5.00 Å². The Morgan fingerprint density at radius 1 is 1.32 bits per heavy atom. The van der Waals surface area contributed by atoms with Gasteiger partial charge in [-0.1, -0.05) is 17.7 Å². The molecule has 1 aromatic heterocycles. The van der Waals surface area contributed by atoms with Crippen LogP contribution < -0.4 is 10.6 Å². The smallest absolute Gasteiger partial charge is 0.341 e. The van der Waals surface area contributed by atoms with Crippen LogP contribution in [0.1, 0.15) is 20.8 Å². The maximum atomic E-state index is 11.9. The van der Waals surface area contributed by atoms with Gasteiger partial charge in [0.2, 0.25) is 0 Å². The Morgan fingerprint density at radius 2 is 2.05 bits per heavy atom. The number of thiocarbonyl (C=S) groups is 1. The first kappa shape index (κ1) is 16.7. The summed E-state index contributed by atoms with van der Waals surface area (Å²) in [5.41, 5.74) is 2.18. The van der Waals surface area contributed by atoms with Crippen LogP contribution in [0.3, 0.4) is 0 Å². The zero-order valence-electron chi connectivity index (χ0n) is 12.3. The van der Waals surface area contributed by atoms with Crippen LogP contribution in [0.25, 0.3) is 0 Å². The molecular formula is C15H15ClN2O2S2. The maximum absolute atomic E-state index is 11.9. The van der Waals surface area contributed by atoms with E-state index in [9.17, 15) is 4.79 Å². The van der Waals surface area contributed by atoms with Gasteiger partial charge in [-0.3, -0.25) is 0 Å². The van der Waals surface area contributed by atoms with Crippen LogP contribution >= 0.6 is 35.2 Å². The number of benzene rings is 1. The second-order valence-corrected chi connectivity index (χ2v) is 6.64. The number of esters is 1. The van der Waals surface area contributed by atoms with E-state index in [2.05, 4.69) is 10.6 Å². The largest absolute Gasteiger partial charge is 0.465 e. The van der Waals surface area contributed by atoms with E-state index in [0.29, 0.717) is 20.7 Å². The van der Waals surface area contributed by atoms with Crippen molar-refractivity contribution in [2.45, 2.75) is 13.8 Å². The molecule has 0 amide bonds. The summed E-state index contributed by atoms with van der Waals surface area (Å²) in [7, 11) is 1.36. The molecule has 0 aliphatic heterocycles. The molecule has 0 saturated heterocycles. The van der Waals surface area contributed by atoms with Crippen LogP contribution in [0.2, 0.25) is 5.02 Å². The number of anilines is 2. The lowest BCUT2D eigenvalue weighted by atomic mass is 10.1. The van der Waals surface area contributed by atoms with Crippen LogP contribution in [0, 0.1) is 13.8 Å². The van der Waals surface area contributed by atoms with Gasteiger partial charge in [0.25, 0.3) is 0 Å². The second-order valence-electron chi connectivity index (χ2n) is 4.57. The summed E-state index contributed by atoms with van der Waals surface area (Å²) in [6, 6.07) is 7.23. The van der Waals surface area contributed by atoms with Crippen molar-refractivity contribution in [3.63, 3.8) is 0 Å². The van der Waals surface area contributed by atoms with Gasteiger partial charge in [0, 0.05) is 15.6 Å². The van der Waals surface area contributed by atoms with E-state index in [-0.39, 0.29) is 5.97 Å². The van der Waals surface area contributed by atoms with Crippen LogP contribution in [0.15, 0.2) is 24.3 Å². The zero-order chi connectivity index (χ0) is 16.3. The molecule has 0 saturated carbocycles. The van der Waals surface area contributed by atoms with E-state index in [1.165, 1.54) is 18.4 Å². The zero-order valence-corrected chi connectivity index (χ0v) is 14.7. The number of nitrogens with one attached hydrogen (secondary N) is 2. The molecule has 2 aromatic rings. The molecule has 116 valence electrons. The van der Waals surface area contributed by atoms with Gasteiger partial charge in [-0.05, 0) is 49.8 Å². The standard InChI is InChI=1S/C15H15ClN2O2S2/c1-8-9(2)22-13(12(8)14(19)20-3)18-15(21)17-11-6-4-5-10(16)7-11/h4-7H,1-3H3,(H2,17,18,21). The number of rotatable bonds is 3. The Morgan fingerprint density at radius 3 is 2.68 bits per heavy atom. The number of thiophene rings is 1. The normalized spacial score (nSPS) is 10.2. The fraction of sp³-hybridized carbons (Fsp3) is 0.200. The van der Waals surface area contributed by atoms with Gasteiger partial charge in [-0.15, -0.1) is 11.3 Å². The lowest BCUT2D eigenvalue weighted by Crippen LogP contribution is -2.20. The van der Waals surface area contributed by atoms with Crippen molar-refractivity contribution < 1.29 is 9.53 Å². The molecule has 0 aliphatic carbocycles. The van der Waals surface area contributed by atoms with Crippen LogP contribution in [0.5, 0.6) is 0 Å². The predicted molar refractivity (Wildman–Crippen MR) is 96.4 cm³/mol. The van der Waals surface area contributed by atoms with E-state index >= 15 is 0 Å². The van der Waals surface area contributed by atoms with E-state index < -0.39 is 0 Å². The molecule has 1 heterocycles. The third kappa shape index (κ3) is 3.76. The van der Waals surface area contributed by atoms with Crippen molar-refractivity contribution in [1.29, 1.82) is 0 Å². The lowest BCUT2D eigenvalue weighted by Gasteiger charge is -2.11. The summed E-state index contributed by atoms with van der Waals surface area (Å²) < 4.78 is 4.83. The number of hydrogen-bond donors (Lipinski definition) is 2. The van der Waals surface area contributed by atoms with E-state index in [0.717, 1.165) is 16.1 Å². The fourth-order valence-electron chi connectivity index (χ4n) is 1.89. The number of hydrogen-bond acceptors (Lipinski definition) is 4. The van der Waals surface area contributed by atoms with Crippen molar-refractivity contribution in [1.82, 2.24) is 0 Å². The number of methoxy groups -OCH3 is 1. The first-order valence-electron chi connectivity index (χ1n) is 6.44. The average Bonchev–Trinajstić information content (AvgIpc) is 2.72. The topological polar surface area (TPSA) is 50.4 Å². The molecule has 0 unspecified atom stereocenters. The van der Waals surface area contributed by atoms with E-state index in [1.54, 1.807) is 12.1 Å². The van der Waals surface area contributed by atoms with Gasteiger partial charge in [0.15, 0.2) is 5.11 Å². The van der Waals surface area contributed by atoms with Gasteiger partial charge in [-0.2, -0.15) is 0 Å². The lowest BCUT2D eigenvalue weighted by molar-refractivity contribution is 0.0601. The number of aryl methyl sites for hydroxylation is 1. The molecule has 0 atom stereocenters. The minimum absolute atomic E-state index is 0.380. The first-order valence-corrected chi connectivity index (χ1v) is 8.04. The minimum atomic E-state index is -0.380. The molecular weight excluding hydrogens is 340 g/mol. The second kappa shape index (κ2) is 7.09. The predicted octanol–water partition coefficient (Wildman–Crippen LogP) is 4.61. The average molecular weight is 355 g/mol. The molecule has 0 aliphatic rings. The maximum Gasteiger partial charge on any atom is 0.341 e. The molecule has 0 radical (unpaired) electrons. The van der Waals surface area contributed by atoms with Gasteiger partial charge in [0.05, 0.1) is 12.7 Å². The summed E-state index contributed by atoms with van der Waals surface area (Å²) in [6.45, 7) is 3.84. The van der Waals surface area contributed by atoms with Crippen molar-refractivity contribution in [2.24, 2.45) is 0 Å². The highest BCUT2D eigenvalue weighted by Gasteiger charge is 2.20. The monoisotopic (exact) mass is 354 g/mol. The molecule has 1 aromatic carbocycles. The third-order valence-corrected chi connectivity index (χ3v) is 4.65. The van der Waals surface area contributed by atoms with Crippen LogP contribution in [-0.2, 0) is 4.74 Å². The SMILES string of the molecule is COC(=O)c1c(NC(=S)Nc2cccc(Cl)c2)sc(C)c1C. The van der Waals surface area contributed by atoms with Gasteiger partial charge >= 0.3 is 5.97 Å². The molecule has 22 heavy (non-hydrogen) atoms. The summed E-state index contributed by atoms with van der Waals surface area (Å²) in [5.74, 6) is -0.380. The molecule has 2 N–H and O–H groups in total. The minimum Gasteiger partial charge on any atom is -0.465 e. The highest BCUT2D eigenvalue weighted by atomic mass is 35.5. The van der Waals surface area contributed by atoms with Crippen molar-refractivity contribution >= 4 is 56.9 Å². The number of carbonyl (C=O) groups is 1. The summed E-state index contributed by atoms with van der Waals surface area (Å²) in [5, 5.41) is 7.75. The molecule has 4 nitrogen and oxygen atoms in total. The Balaban J connectivity index is 2.18. The Hall–Kier alpha value is -1.63. The number of halogens is 1. The molecule has 0 fully saturated rings. The van der Waals surface area contributed by atoms with Crippen molar-refractivity contribution in [2.75, 3.05) is 17.7 Å². The van der Waals surface area contributed by atoms with Gasteiger partial charge < -0.3 is 15.4 Å². The summed E-state index contributed by atoms with van der Waals surface area (Å²) in [6.07, 6.45) is 0. The van der Waals surface area contributed by atoms with Crippen LogP contribution in [-0.4, -0.2) is 18.2 Å². The first-order chi connectivity index (χ1) is 10.4. The van der Waals surface area contributed by atoms with Gasteiger partial charge in [-0.25, -0.2) is 4.79 Å². The van der Waals surface area contributed by atoms with Crippen molar-refractivity contribution in [3.8, 4) is 0 Å². The van der Waals surface area contributed by atoms with E-state index in [1.807, 2.05) is 26.0 Å².